The smallest absolute Gasteiger partial charge is 0.284 e. The second-order valence-corrected chi connectivity index (χ2v) is 9.28. The number of primary amides is 1. The van der Waals surface area contributed by atoms with E-state index >= 15 is 0 Å². The Bertz CT molecular complexity index is 1470. The molecule has 38 heavy (non-hydrogen) atoms. The first-order chi connectivity index (χ1) is 18.5. The summed E-state index contributed by atoms with van der Waals surface area (Å²) < 4.78 is 1.59. The predicted molar refractivity (Wildman–Crippen MR) is 141 cm³/mol. The first-order valence-corrected chi connectivity index (χ1v) is 12.5. The summed E-state index contributed by atoms with van der Waals surface area (Å²) in [5.74, 6) is -1.87. The number of rotatable bonds is 9. The maximum absolute atomic E-state index is 13.4. The molecule has 1 aliphatic heterocycles. The fraction of sp³-hybridized carbons (Fsp3) is 0.207. The van der Waals surface area contributed by atoms with Crippen molar-refractivity contribution < 1.29 is 14.4 Å². The largest absolute Gasteiger partial charge is 0.363 e. The van der Waals surface area contributed by atoms with Gasteiger partial charge in [0.05, 0.1) is 17.3 Å². The number of pyridine rings is 1. The third-order valence-electron chi connectivity index (χ3n) is 6.66. The molecule has 1 atom stereocenters. The van der Waals surface area contributed by atoms with Gasteiger partial charge in [0.25, 0.3) is 11.8 Å². The van der Waals surface area contributed by atoms with Gasteiger partial charge in [-0.1, -0.05) is 54.6 Å². The number of Topliss-reactive ketones (excluding diaryl/α,β-unsaturated/α-hetero) is 1. The molecule has 2 aromatic heterocycles. The molecule has 0 spiro atoms. The second-order valence-electron chi connectivity index (χ2n) is 9.28. The van der Waals surface area contributed by atoms with E-state index in [-0.39, 0.29) is 6.42 Å². The van der Waals surface area contributed by atoms with Gasteiger partial charge in [0.2, 0.25) is 5.78 Å². The summed E-state index contributed by atoms with van der Waals surface area (Å²) in [4.78, 5) is 43.7. The average molecular weight is 509 g/mol. The molecular weight excluding hydrogens is 480 g/mol. The SMILES string of the molecule is NC(=O)C(=O)CC(NC(=O)c1cccnc1-n1ccc(CN2CCc3ccccc3C2)n1)c1ccccc1. The number of ketones is 1. The number of nitrogens with one attached hydrogen (secondary N) is 1. The van der Waals surface area contributed by atoms with Gasteiger partial charge in [0.15, 0.2) is 5.82 Å². The average Bonchev–Trinajstić information content (AvgIpc) is 3.41. The van der Waals surface area contributed by atoms with E-state index in [9.17, 15) is 14.4 Å². The molecule has 2 amide bonds. The number of hydrogen-bond donors (Lipinski definition) is 2. The molecule has 3 N–H and O–H groups in total. The summed E-state index contributed by atoms with van der Waals surface area (Å²) >= 11 is 0. The van der Waals surface area contributed by atoms with Crippen molar-refractivity contribution in [2.75, 3.05) is 6.54 Å². The number of amides is 2. The third kappa shape index (κ3) is 5.68. The highest BCUT2D eigenvalue weighted by atomic mass is 16.2. The van der Waals surface area contributed by atoms with E-state index in [1.807, 2.05) is 12.1 Å². The first-order valence-electron chi connectivity index (χ1n) is 12.5. The standard InChI is InChI=1S/C29H28N6O3/c30-27(37)26(36)17-25(21-8-2-1-3-9-21)32-29(38)24-11-6-14-31-28(24)35-16-13-23(33-35)19-34-15-12-20-7-4-5-10-22(20)18-34/h1-11,13-14,16,25H,12,15,17-19H2,(H2,30,37)(H,32,38). The molecule has 4 aromatic rings. The highest BCUT2D eigenvalue weighted by Crippen LogP contribution is 2.22. The van der Waals surface area contributed by atoms with Crippen molar-refractivity contribution >= 4 is 17.6 Å². The third-order valence-corrected chi connectivity index (χ3v) is 6.66. The summed E-state index contributed by atoms with van der Waals surface area (Å²) in [5, 5.41) is 7.57. The van der Waals surface area contributed by atoms with Gasteiger partial charge in [-0.2, -0.15) is 5.10 Å². The van der Waals surface area contributed by atoms with Gasteiger partial charge in [0, 0.05) is 38.4 Å². The zero-order valence-electron chi connectivity index (χ0n) is 20.8. The lowest BCUT2D eigenvalue weighted by Gasteiger charge is -2.27. The summed E-state index contributed by atoms with van der Waals surface area (Å²) in [7, 11) is 0. The van der Waals surface area contributed by atoms with Gasteiger partial charge in [-0.05, 0) is 41.3 Å². The van der Waals surface area contributed by atoms with Gasteiger partial charge < -0.3 is 11.1 Å². The number of fused-ring (bicyclic) bond motifs is 1. The Morgan fingerprint density at radius 3 is 2.50 bits per heavy atom. The molecule has 0 radical (unpaired) electrons. The molecule has 1 unspecified atom stereocenters. The highest BCUT2D eigenvalue weighted by Gasteiger charge is 2.24. The summed E-state index contributed by atoms with van der Waals surface area (Å²) in [6.45, 7) is 2.50. The van der Waals surface area contributed by atoms with Crippen LogP contribution in [0.5, 0.6) is 0 Å². The van der Waals surface area contributed by atoms with Gasteiger partial charge in [-0.25, -0.2) is 9.67 Å². The van der Waals surface area contributed by atoms with E-state index in [0.717, 1.165) is 25.2 Å². The lowest BCUT2D eigenvalue weighted by atomic mass is 10.00. The van der Waals surface area contributed by atoms with Gasteiger partial charge in [-0.15, -0.1) is 0 Å². The molecule has 0 aliphatic carbocycles. The molecule has 9 heteroatoms. The van der Waals surface area contributed by atoms with Gasteiger partial charge >= 0.3 is 0 Å². The zero-order valence-corrected chi connectivity index (χ0v) is 20.8. The van der Waals surface area contributed by atoms with Crippen LogP contribution in [0, 0.1) is 0 Å². The van der Waals surface area contributed by atoms with Crippen molar-refractivity contribution in [3.05, 3.63) is 113 Å². The summed E-state index contributed by atoms with van der Waals surface area (Å²) in [6, 6.07) is 22.0. The van der Waals surface area contributed by atoms with E-state index in [0.29, 0.717) is 23.5 Å². The number of carbonyl (C=O) groups excluding carboxylic acids is 3. The topological polar surface area (TPSA) is 123 Å². The van der Waals surface area contributed by atoms with E-state index in [1.165, 1.54) is 11.1 Å². The summed E-state index contributed by atoms with van der Waals surface area (Å²) in [6.07, 6.45) is 4.14. The van der Waals surface area contributed by atoms with Crippen LogP contribution in [0.25, 0.3) is 5.82 Å². The molecular formula is C29H28N6O3. The first kappa shape index (κ1) is 25.0. The van der Waals surface area contributed by atoms with Crippen molar-refractivity contribution in [2.24, 2.45) is 5.73 Å². The van der Waals surface area contributed by atoms with Crippen molar-refractivity contribution in [1.29, 1.82) is 0 Å². The van der Waals surface area contributed by atoms with Crippen LogP contribution in [0.4, 0.5) is 0 Å². The normalized spacial score (nSPS) is 13.9. The van der Waals surface area contributed by atoms with E-state index in [4.69, 9.17) is 10.8 Å². The zero-order chi connectivity index (χ0) is 26.5. The lowest BCUT2D eigenvalue weighted by molar-refractivity contribution is -0.136. The van der Waals surface area contributed by atoms with Crippen molar-refractivity contribution in [2.45, 2.75) is 32.0 Å². The maximum Gasteiger partial charge on any atom is 0.284 e. The van der Waals surface area contributed by atoms with Gasteiger partial charge in [0.1, 0.15) is 0 Å². The van der Waals surface area contributed by atoms with Crippen LogP contribution >= 0.6 is 0 Å². The second kappa shape index (κ2) is 11.2. The van der Waals surface area contributed by atoms with Crippen LogP contribution in [-0.2, 0) is 29.1 Å². The minimum Gasteiger partial charge on any atom is -0.363 e. The fourth-order valence-electron chi connectivity index (χ4n) is 4.70. The monoisotopic (exact) mass is 508 g/mol. The molecule has 9 nitrogen and oxygen atoms in total. The van der Waals surface area contributed by atoms with Crippen LogP contribution in [0.1, 0.15) is 45.2 Å². The van der Waals surface area contributed by atoms with Crippen LogP contribution < -0.4 is 11.1 Å². The van der Waals surface area contributed by atoms with Crippen LogP contribution in [0.2, 0.25) is 0 Å². The Kier molecular flexibility index (Phi) is 7.37. The molecule has 1 aliphatic rings. The quantitative estimate of drug-likeness (QED) is 0.335. The Hall–Kier alpha value is -4.63. The molecule has 3 heterocycles. The fourth-order valence-corrected chi connectivity index (χ4v) is 4.70. The van der Waals surface area contributed by atoms with Gasteiger partial charge in [-0.3, -0.25) is 19.3 Å². The molecule has 2 aromatic carbocycles. The van der Waals surface area contributed by atoms with E-state index in [2.05, 4.69) is 39.5 Å². The molecule has 0 saturated carbocycles. The number of carbonyl (C=O) groups is 3. The number of nitrogens with zero attached hydrogens (tertiary/aromatic N) is 4. The molecule has 0 bridgehead atoms. The van der Waals surface area contributed by atoms with Crippen LogP contribution in [-0.4, -0.2) is 43.8 Å². The minimum absolute atomic E-state index is 0.244. The number of aromatic nitrogens is 3. The van der Waals surface area contributed by atoms with Crippen LogP contribution in [0.3, 0.4) is 0 Å². The Morgan fingerprint density at radius 2 is 1.71 bits per heavy atom. The van der Waals surface area contributed by atoms with Crippen LogP contribution in [0.15, 0.2) is 85.2 Å². The van der Waals surface area contributed by atoms with Crippen molar-refractivity contribution in [1.82, 2.24) is 25.0 Å². The lowest BCUT2D eigenvalue weighted by Crippen LogP contribution is -2.34. The molecule has 0 fully saturated rings. The highest BCUT2D eigenvalue weighted by molar-refractivity contribution is 6.35. The Labute approximate surface area is 220 Å². The van der Waals surface area contributed by atoms with E-state index in [1.54, 1.807) is 53.5 Å². The minimum atomic E-state index is -1.04. The van der Waals surface area contributed by atoms with E-state index < -0.39 is 23.6 Å². The molecule has 192 valence electrons. The number of hydrogen-bond acceptors (Lipinski definition) is 6. The molecule has 0 saturated heterocycles. The number of nitrogens with two attached hydrogens (primary N) is 1. The molecule has 5 rings (SSSR count). The Balaban J connectivity index is 1.33. The van der Waals surface area contributed by atoms with Crippen molar-refractivity contribution in [3.63, 3.8) is 0 Å². The predicted octanol–water partition coefficient (Wildman–Crippen LogP) is 2.74. The van der Waals surface area contributed by atoms with Crippen molar-refractivity contribution in [3.8, 4) is 5.82 Å². The Morgan fingerprint density at radius 1 is 0.947 bits per heavy atom. The number of benzene rings is 2. The maximum atomic E-state index is 13.4. The summed E-state index contributed by atoms with van der Waals surface area (Å²) in [5.41, 5.74) is 9.75.